The molecule has 0 aliphatic rings. The van der Waals surface area contributed by atoms with Gasteiger partial charge < -0.3 is 9.26 Å². The van der Waals surface area contributed by atoms with Crippen molar-refractivity contribution in [2.45, 2.75) is 11.8 Å². The third-order valence-electron chi connectivity index (χ3n) is 3.72. The Morgan fingerprint density at radius 2 is 1.84 bits per heavy atom. The molecule has 25 heavy (non-hydrogen) atoms. The molecule has 8 heteroatoms. The predicted molar refractivity (Wildman–Crippen MR) is 93.1 cm³/mol. The van der Waals surface area contributed by atoms with Gasteiger partial charge in [0.05, 0.1) is 23.3 Å². The molecule has 130 valence electrons. The summed E-state index contributed by atoms with van der Waals surface area (Å²) in [5, 5.41) is 3.85. The molecule has 0 saturated carbocycles. The number of hydrogen-bond donors (Lipinski definition) is 0. The van der Waals surface area contributed by atoms with Crippen LogP contribution in [-0.4, -0.2) is 32.7 Å². The Morgan fingerprint density at radius 3 is 2.44 bits per heavy atom. The quantitative estimate of drug-likeness (QED) is 0.696. The number of aromatic nitrogens is 2. The summed E-state index contributed by atoms with van der Waals surface area (Å²) in [6.07, 6.45) is 0. The van der Waals surface area contributed by atoms with Crippen LogP contribution in [0, 0.1) is 6.92 Å². The molecule has 1 aromatic heterocycles. The van der Waals surface area contributed by atoms with Crippen LogP contribution in [0.2, 0.25) is 0 Å². The van der Waals surface area contributed by atoms with Gasteiger partial charge in [0.1, 0.15) is 5.75 Å². The Balaban J connectivity index is 2.08. The van der Waals surface area contributed by atoms with Gasteiger partial charge in [-0.05, 0) is 30.3 Å². The lowest BCUT2D eigenvalue weighted by atomic mass is 10.2. The highest BCUT2D eigenvalue weighted by Crippen LogP contribution is 2.32. The molecular weight excluding hydrogens is 342 g/mol. The van der Waals surface area contributed by atoms with Crippen LogP contribution in [-0.2, 0) is 10.0 Å². The lowest BCUT2D eigenvalue weighted by Crippen LogP contribution is -2.26. The van der Waals surface area contributed by atoms with E-state index in [1.165, 1.54) is 30.6 Å². The summed E-state index contributed by atoms with van der Waals surface area (Å²) in [7, 11) is -0.746. The number of aryl methyl sites for hydroxylation is 1. The number of hydrogen-bond acceptors (Lipinski definition) is 6. The molecule has 0 aliphatic carbocycles. The molecule has 0 N–H and O–H groups in total. The normalized spacial score (nSPS) is 11.3. The van der Waals surface area contributed by atoms with E-state index >= 15 is 0 Å². The van der Waals surface area contributed by atoms with Gasteiger partial charge in [0, 0.05) is 14.0 Å². The SMILES string of the molecule is COc1ccc(S(=O)(=O)N(C)c2ccccc2)cc1-c1noc(C)n1. The van der Waals surface area contributed by atoms with Crippen molar-refractivity contribution < 1.29 is 17.7 Å². The Kier molecular flexibility index (Phi) is 4.45. The molecule has 0 radical (unpaired) electrons. The molecule has 0 bridgehead atoms. The van der Waals surface area contributed by atoms with Crippen LogP contribution >= 0.6 is 0 Å². The average Bonchev–Trinajstić information content (AvgIpc) is 3.07. The van der Waals surface area contributed by atoms with Crippen molar-refractivity contribution in [2.75, 3.05) is 18.5 Å². The maximum absolute atomic E-state index is 12.9. The molecule has 0 fully saturated rings. The average molecular weight is 359 g/mol. The number of sulfonamides is 1. The zero-order valence-corrected chi connectivity index (χ0v) is 14.8. The molecule has 2 aromatic carbocycles. The van der Waals surface area contributed by atoms with Gasteiger partial charge in [-0.15, -0.1) is 0 Å². The van der Waals surface area contributed by atoms with Gasteiger partial charge in [-0.25, -0.2) is 8.42 Å². The van der Waals surface area contributed by atoms with Crippen LogP contribution in [0.15, 0.2) is 57.9 Å². The van der Waals surface area contributed by atoms with Gasteiger partial charge >= 0.3 is 0 Å². The summed E-state index contributed by atoms with van der Waals surface area (Å²) >= 11 is 0. The molecule has 0 unspecified atom stereocenters. The van der Waals surface area contributed by atoms with Gasteiger partial charge in [0.15, 0.2) is 0 Å². The fraction of sp³-hybridized carbons (Fsp3) is 0.176. The molecule has 0 atom stereocenters. The molecule has 3 aromatic rings. The van der Waals surface area contributed by atoms with Crippen LogP contribution in [0.5, 0.6) is 5.75 Å². The topological polar surface area (TPSA) is 85.5 Å². The highest BCUT2D eigenvalue weighted by Gasteiger charge is 2.24. The molecule has 7 nitrogen and oxygen atoms in total. The van der Waals surface area contributed by atoms with E-state index in [0.29, 0.717) is 22.9 Å². The fourth-order valence-electron chi connectivity index (χ4n) is 2.37. The second kappa shape index (κ2) is 6.56. The third kappa shape index (κ3) is 3.20. The summed E-state index contributed by atoms with van der Waals surface area (Å²) < 4.78 is 37.4. The molecule has 0 aliphatic heterocycles. The van der Waals surface area contributed by atoms with Crippen molar-refractivity contribution in [3.05, 3.63) is 54.4 Å². The van der Waals surface area contributed by atoms with E-state index in [4.69, 9.17) is 9.26 Å². The van der Waals surface area contributed by atoms with Crippen LogP contribution in [0.4, 0.5) is 5.69 Å². The first-order chi connectivity index (χ1) is 11.9. The Bertz CT molecular complexity index is 984. The van der Waals surface area contributed by atoms with Crippen molar-refractivity contribution in [1.29, 1.82) is 0 Å². The maximum atomic E-state index is 12.9. The number of ether oxygens (including phenoxy) is 1. The van der Waals surface area contributed by atoms with Crippen molar-refractivity contribution in [3.8, 4) is 17.1 Å². The first-order valence-corrected chi connectivity index (χ1v) is 8.90. The molecular formula is C17H17N3O4S. The van der Waals surface area contributed by atoms with Crippen molar-refractivity contribution in [2.24, 2.45) is 0 Å². The van der Waals surface area contributed by atoms with E-state index in [1.54, 1.807) is 37.3 Å². The van der Waals surface area contributed by atoms with E-state index in [-0.39, 0.29) is 10.7 Å². The molecule has 3 rings (SSSR count). The minimum atomic E-state index is -3.75. The van der Waals surface area contributed by atoms with Gasteiger partial charge in [0.25, 0.3) is 10.0 Å². The number of benzene rings is 2. The highest BCUT2D eigenvalue weighted by atomic mass is 32.2. The maximum Gasteiger partial charge on any atom is 0.264 e. The Labute approximate surface area is 145 Å². The zero-order valence-electron chi connectivity index (χ0n) is 14.0. The summed E-state index contributed by atoms with van der Waals surface area (Å²) in [6, 6.07) is 13.4. The minimum absolute atomic E-state index is 0.108. The van der Waals surface area contributed by atoms with Gasteiger partial charge in [-0.3, -0.25) is 4.31 Å². The summed E-state index contributed by atoms with van der Waals surface area (Å²) in [5.41, 5.74) is 1.01. The highest BCUT2D eigenvalue weighted by molar-refractivity contribution is 7.92. The van der Waals surface area contributed by atoms with Crippen molar-refractivity contribution in [1.82, 2.24) is 10.1 Å². The first-order valence-electron chi connectivity index (χ1n) is 7.46. The van der Waals surface area contributed by atoms with E-state index in [9.17, 15) is 8.42 Å². The fourth-order valence-corrected chi connectivity index (χ4v) is 3.59. The van der Waals surface area contributed by atoms with Gasteiger partial charge in [-0.1, -0.05) is 23.4 Å². The summed E-state index contributed by atoms with van der Waals surface area (Å²) in [6.45, 7) is 1.66. The van der Waals surface area contributed by atoms with E-state index < -0.39 is 10.0 Å². The van der Waals surface area contributed by atoms with E-state index in [1.807, 2.05) is 6.07 Å². The lowest BCUT2D eigenvalue weighted by molar-refractivity contribution is 0.392. The Morgan fingerprint density at radius 1 is 1.12 bits per heavy atom. The molecule has 0 saturated heterocycles. The first kappa shape index (κ1) is 17.0. The summed E-state index contributed by atoms with van der Waals surface area (Å²) in [4.78, 5) is 4.26. The van der Waals surface area contributed by atoms with Crippen LogP contribution in [0.1, 0.15) is 5.89 Å². The largest absolute Gasteiger partial charge is 0.496 e. The standard InChI is InChI=1S/C17H17N3O4S/c1-12-18-17(19-24-12)15-11-14(9-10-16(15)23-3)25(21,22)20(2)13-7-5-4-6-8-13/h4-11H,1-3H3. The molecule has 0 spiro atoms. The number of rotatable bonds is 5. The summed E-state index contributed by atoms with van der Waals surface area (Å²) in [5.74, 6) is 1.11. The zero-order chi connectivity index (χ0) is 18.0. The van der Waals surface area contributed by atoms with E-state index in [2.05, 4.69) is 10.1 Å². The smallest absolute Gasteiger partial charge is 0.264 e. The third-order valence-corrected chi connectivity index (χ3v) is 5.50. The van der Waals surface area contributed by atoms with Gasteiger partial charge in [-0.2, -0.15) is 4.98 Å². The monoisotopic (exact) mass is 359 g/mol. The predicted octanol–water partition coefficient (Wildman–Crippen LogP) is 2.88. The number of nitrogens with zero attached hydrogens (tertiary/aromatic N) is 3. The molecule has 1 heterocycles. The van der Waals surface area contributed by atoms with E-state index in [0.717, 1.165) is 0 Å². The van der Waals surface area contributed by atoms with Crippen molar-refractivity contribution in [3.63, 3.8) is 0 Å². The van der Waals surface area contributed by atoms with Crippen LogP contribution in [0.3, 0.4) is 0 Å². The second-order valence-electron chi connectivity index (χ2n) is 5.31. The van der Waals surface area contributed by atoms with Crippen LogP contribution < -0.4 is 9.04 Å². The van der Waals surface area contributed by atoms with Crippen LogP contribution in [0.25, 0.3) is 11.4 Å². The van der Waals surface area contributed by atoms with Crippen molar-refractivity contribution >= 4 is 15.7 Å². The molecule has 0 amide bonds. The lowest BCUT2D eigenvalue weighted by Gasteiger charge is -2.20. The second-order valence-corrected chi connectivity index (χ2v) is 7.28. The number of para-hydroxylation sites is 1. The van der Waals surface area contributed by atoms with Gasteiger partial charge in [0.2, 0.25) is 11.7 Å². The Hall–Kier alpha value is -2.87. The number of anilines is 1. The minimum Gasteiger partial charge on any atom is -0.496 e. The number of methoxy groups -OCH3 is 1.